The Morgan fingerprint density at radius 3 is 2.88 bits per heavy atom. The van der Waals surface area contributed by atoms with Crippen molar-refractivity contribution in [3.8, 4) is 0 Å². The maximum absolute atomic E-state index is 4.25. The first-order valence-corrected chi connectivity index (χ1v) is 6.06. The topological polar surface area (TPSA) is 66.5 Å². The Hall–Kier alpha value is -1.27. The van der Waals surface area contributed by atoms with E-state index in [9.17, 15) is 0 Å². The number of nitrogens with zero attached hydrogens (tertiary/aromatic N) is 3. The standard InChI is InChI=1S/C10H15N5S/c1-6(10-7(2)12-5-16-10)11-4-9-13-8(3)14-15-9/h5-6,11H,4H2,1-3H3,(H,13,14,15). The van der Waals surface area contributed by atoms with Gasteiger partial charge in [-0.2, -0.15) is 5.10 Å². The molecule has 1 atom stereocenters. The van der Waals surface area contributed by atoms with E-state index in [0.29, 0.717) is 6.54 Å². The quantitative estimate of drug-likeness (QED) is 0.850. The summed E-state index contributed by atoms with van der Waals surface area (Å²) < 4.78 is 0. The number of hydrogen-bond donors (Lipinski definition) is 2. The fraction of sp³-hybridized carbons (Fsp3) is 0.500. The van der Waals surface area contributed by atoms with E-state index < -0.39 is 0 Å². The van der Waals surface area contributed by atoms with Gasteiger partial charge in [0.05, 0.1) is 17.7 Å². The number of H-pyrrole nitrogens is 1. The van der Waals surface area contributed by atoms with E-state index in [1.54, 1.807) is 11.3 Å². The zero-order valence-corrected chi connectivity index (χ0v) is 10.4. The van der Waals surface area contributed by atoms with Crippen LogP contribution in [0.1, 0.15) is 35.2 Å². The fourth-order valence-electron chi connectivity index (χ4n) is 1.53. The molecule has 0 aliphatic heterocycles. The van der Waals surface area contributed by atoms with Gasteiger partial charge in [0.15, 0.2) is 5.82 Å². The van der Waals surface area contributed by atoms with Crippen molar-refractivity contribution < 1.29 is 0 Å². The summed E-state index contributed by atoms with van der Waals surface area (Å²) in [4.78, 5) is 9.75. The van der Waals surface area contributed by atoms with E-state index in [2.05, 4.69) is 32.4 Å². The van der Waals surface area contributed by atoms with Gasteiger partial charge in [0, 0.05) is 10.9 Å². The molecule has 0 aliphatic rings. The molecule has 0 saturated carbocycles. The van der Waals surface area contributed by atoms with Crippen LogP contribution in [0.25, 0.3) is 0 Å². The Morgan fingerprint density at radius 2 is 2.31 bits per heavy atom. The van der Waals surface area contributed by atoms with Crippen LogP contribution in [-0.4, -0.2) is 20.2 Å². The molecule has 0 saturated heterocycles. The first-order valence-electron chi connectivity index (χ1n) is 5.18. The van der Waals surface area contributed by atoms with Gasteiger partial charge in [-0.15, -0.1) is 11.3 Å². The van der Waals surface area contributed by atoms with Gasteiger partial charge in [0.1, 0.15) is 5.82 Å². The third-order valence-electron chi connectivity index (χ3n) is 2.39. The molecule has 5 nitrogen and oxygen atoms in total. The van der Waals surface area contributed by atoms with Crippen LogP contribution in [0.2, 0.25) is 0 Å². The Balaban J connectivity index is 1.93. The summed E-state index contributed by atoms with van der Waals surface area (Å²) in [6.45, 7) is 6.72. The minimum atomic E-state index is 0.284. The molecule has 2 rings (SSSR count). The van der Waals surface area contributed by atoms with Crippen molar-refractivity contribution in [2.75, 3.05) is 0 Å². The van der Waals surface area contributed by atoms with Crippen molar-refractivity contribution in [3.05, 3.63) is 27.7 Å². The van der Waals surface area contributed by atoms with Gasteiger partial charge in [-0.25, -0.2) is 9.97 Å². The van der Waals surface area contributed by atoms with Gasteiger partial charge >= 0.3 is 0 Å². The van der Waals surface area contributed by atoms with Crippen molar-refractivity contribution in [1.29, 1.82) is 0 Å². The molecule has 86 valence electrons. The highest BCUT2D eigenvalue weighted by atomic mass is 32.1. The molecule has 16 heavy (non-hydrogen) atoms. The van der Waals surface area contributed by atoms with Crippen LogP contribution in [0.15, 0.2) is 5.51 Å². The van der Waals surface area contributed by atoms with Gasteiger partial charge in [0.2, 0.25) is 0 Å². The van der Waals surface area contributed by atoms with Crippen LogP contribution in [0.4, 0.5) is 0 Å². The number of nitrogens with one attached hydrogen (secondary N) is 2. The molecule has 0 fully saturated rings. The zero-order valence-electron chi connectivity index (χ0n) is 9.61. The molecule has 2 aromatic rings. The largest absolute Gasteiger partial charge is 0.302 e. The molecule has 0 amide bonds. The summed E-state index contributed by atoms with van der Waals surface area (Å²) in [5.74, 6) is 1.64. The summed E-state index contributed by atoms with van der Waals surface area (Å²) in [5.41, 5.74) is 2.97. The van der Waals surface area contributed by atoms with Gasteiger partial charge in [-0.1, -0.05) is 0 Å². The van der Waals surface area contributed by atoms with Crippen LogP contribution >= 0.6 is 11.3 Å². The third kappa shape index (κ3) is 2.45. The third-order valence-corrected chi connectivity index (χ3v) is 3.50. The summed E-state index contributed by atoms with van der Waals surface area (Å²) in [7, 11) is 0. The van der Waals surface area contributed by atoms with Gasteiger partial charge < -0.3 is 5.32 Å². The van der Waals surface area contributed by atoms with Gasteiger partial charge in [-0.3, -0.25) is 5.10 Å². The van der Waals surface area contributed by atoms with E-state index in [-0.39, 0.29) is 6.04 Å². The van der Waals surface area contributed by atoms with Crippen molar-refractivity contribution in [1.82, 2.24) is 25.5 Å². The lowest BCUT2D eigenvalue weighted by molar-refractivity contribution is 0.564. The molecule has 0 radical (unpaired) electrons. The van der Waals surface area contributed by atoms with Crippen molar-refractivity contribution in [2.45, 2.75) is 33.4 Å². The van der Waals surface area contributed by atoms with E-state index in [4.69, 9.17) is 0 Å². The molecular weight excluding hydrogens is 222 g/mol. The monoisotopic (exact) mass is 237 g/mol. The normalized spacial score (nSPS) is 12.9. The highest BCUT2D eigenvalue weighted by Crippen LogP contribution is 2.20. The van der Waals surface area contributed by atoms with Crippen molar-refractivity contribution >= 4 is 11.3 Å². The average Bonchev–Trinajstić information content (AvgIpc) is 2.84. The number of aromatic amines is 1. The van der Waals surface area contributed by atoms with Gasteiger partial charge in [0.25, 0.3) is 0 Å². The molecule has 2 N–H and O–H groups in total. The summed E-state index contributed by atoms with van der Waals surface area (Å²) in [6.07, 6.45) is 0. The Morgan fingerprint density at radius 1 is 1.50 bits per heavy atom. The van der Waals surface area contributed by atoms with Crippen molar-refractivity contribution in [3.63, 3.8) is 0 Å². The molecule has 2 heterocycles. The number of aryl methyl sites for hydroxylation is 2. The van der Waals surface area contributed by atoms with Crippen LogP contribution in [0, 0.1) is 13.8 Å². The lowest BCUT2D eigenvalue weighted by Gasteiger charge is -2.10. The van der Waals surface area contributed by atoms with Crippen molar-refractivity contribution in [2.24, 2.45) is 0 Å². The average molecular weight is 237 g/mol. The first kappa shape index (κ1) is 11.2. The molecule has 1 unspecified atom stereocenters. The lowest BCUT2D eigenvalue weighted by atomic mass is 10.2. The number of hydrogen-bond acceptors (Lipinski definition) is 5. The van der Waals surface area contributed by atoms with E-state index in [1.807, 2.05) is 19.4 Å². The molecule has 0 aromatic carbocycles. The predicted molar refractivity (Wildman–Crippen MR) is 63.2 cm³/mol. The maximum Gasteiger partial charge on any atom is 0.164 e. The number of thiazole rings is 1. The van der Waals surface area contributed by atoms with E-state index >= 15 is 0 Å². The fourth-order valence-corrected chi connectivity index (χ4v) is 2.37. The summed E-state index contributed by atoms with van der Waals surface area (Å²) in [6, 6.07) is 0.284. The van der Waals surface area contributed by atoms with Crippen LogP contribution in [0.3, 0.4) is 0 Å². The lowest BCUT2D eigenvalue weighted by Crippen LogP contribution is -2.18. The summed E-state index contributed by atoms with van der Waals surface area (Å²) in [5, 5.41) is 10.3. The smallest absolute Gasteiger partial charge is 0.164 e. The SMILES string of the molecule is Cc1nc(CNC(C)c2scnc2C)n[nH]1. The highest BCUT2D eigenvalue weighted by Gasteiger charge is 2.11. The van der Waals surface area contributed by atoms with Crippen LogP contribution in [-0.2, 0) is 6.54 Å². The zero-order chi connectivity index (χ0) is 11.5. The second-order valence-electron chi connectivity index (χ2n) is 3.74. The predicted octanol–water partition coefficient (Wildman–Crippen LogP) is 1.73. The molecular formula is C10H15N5S. The molecule has 2 aromatic heterocycles. The van der Waals surface area contributed by atoms with Crippen LogP contribution < -0.4 is 5.32 Å². The molecule has 6 heteroatoms. The second kappa shape index (κ2) is 4.71. The molecule has 0 bridgehead atoms. The van der Waals surface area contributed by atoms with E-state index in [0.717, 1.165) is 17.3 Å². The number of aromatic nitrogens is 4. The molecule has 0 aliphatic carbocycles. The maximum atomic E-state index is 4.25. The Bertz CT molecular complexity index is 461. The highest BCUT2D eigenvalue weighted by molar-refractivity contribution is 7.09. The van der Waals surface area contributed by atoms with Crippen LogP contribution in [0.5, 0.6) is 0 Å². The Kier molecular flexibility index (Phi) is 3.31. The minimum absolute atomic E-state index is 0.284. The second-order valence-corrected chi connectivity index (χ2v) is 4.63. The molecule has 0 spiro atoms. The summed E-state index contributed by atoms with van der Waals surface area (Å²) >= 11 is 1.68. The number of rotatable bonds is 4. The minimum Gasteiger partial charge on any atom is -0.302 e. The Labute approximate surface area is 98.3 Å². The van der Waals surface area contributed by atoms with Gasteiger partial charge in [-0.05, 0) is 20.8 Å². The first-order chi connectivity index (χ1) is 7.66. The van der Waals surface area contributed by atoms with E-state index in [1.165, 1.54) is 4.88 Å².